The van der Waals surface area contributed by atoms with Crippen LogP contribution in [0.25, 0.3) is 0 Å². The molecule has 3 rings (SSSR count). The Balaban J connectivity index is 1.61. The third-order valence-corrected chi connectivity index (χ3v) is 4.71. The molecule has 2 aliphatic heterocycles. The molecule has 0 bridgehead atoms. The third kappa shape index (κ3) is 3.88. The van der Waals surface area contributed by atoms with E-state index in [0.717, 1.165) is 4.90 Å². The first-order valence-corrected chi connectivity index (χ1v) is 9.00. The van der Waals surface area contributed by atoms with Gasteiger partial charge in [-0.15, -0.1) is 0 Å². The van der Waals surface area contributed by atoms with Crippen LogP contribution in [0.15, 0.2) is 30.3 Å². The van der Waals surface area contributed by atoms with E-state index in [1.165, 1.54) is 4.90 Å². The van der Waals surface area contributed by atoms with Gasteiger partial charge in [0.2, 0.25) is 5.91 Å². The zero-order valence-electron chi connectivity index (χ0n) is 15.5. The van der Waals surface area contributed by atoms with Gasteiger partial charge in [-0.3, -0.25) is 14.5 Å². The minimum atomic E-state index is -0.523. The van der Waals surface area contributed by atoms with Gasteiger partial charge in [0.05, 0.1) is 38.3 Å². The van der Waals surface area contributed by atoms with Crippen LogP contribution < -0.4 is 9.80 Å². The van der Waals surface area contributed by atoms with Crippen molar-refractivity contribution >= 4 is 23.6 Å². The monoisotopic (exact) mass is 360 g/mol. The van der Waals surface area contributed by atoms with E-state index in [2.05, 4.69) is 0 Å². The number of imide groups is 1. The maximum Gasteiger partial charge on any atom is 0.410 e. The number of para-hydroxylation sites is 1. The maximum absolute atomic E-state index is 12.8. The number of ether oxygens (including phenoxy) is 1. The molecule has 2 saturated heterocycles. The molecule has 0 radical (unpaired) electrons. The SMILES string of the molecule is CC(C)(C)OC(=O)N1CC[NH+]([C@H]2CC(=O)N(c3ccccc3)C2=O)CC1. The third-order valence-electron chi connectivity index (χ3n) is 4.71. The van der Waals surface area contributed by atoms with Crippen LogP contribution in [0.4, 0.5) is 10.5 Å². The summed E-state index contributed by atoms with van der Waals surface area (Å²) in [5.41, 5.74) is 0.0993. The lowest BCUT2D eigenvalue weighted by atomic mass is 10.1. The Morgan fingerprint density at radius 2 is 1.73 bits per heavy atom. The molecular formula is C19H26N3O4+. The number of rotatable bonds is 2. The predicted molar refractivity (Wildman–Crippen MR) is 95.8 cm³/mol. The van der Waals surface area contributed by atoms with Gasteiger partial charge in [0.15, 0.2) is 6.04 Å². The van der Waals surface area contributed by atoms with Crippen LogP contribution >= 0.6 is 0 Å². The zero-order valence-corrected chi connectivity index (χ0v) is 15.5. The Hall–Kier alpha value is -2.41. The topological polar surface area (TPSA) is 71.4 Å². The van der Waals surface area contributed by atoms with E-state index in [4.69, 9.17) is 4.74 Å². The fraction of sp³-hybridized carbons (Fsp3) is 0.526. The highest BCUT2D eigenvalue weighted by atomic mass is 16.6. The van der Waals surface area contributed by atoms with Crippen molar-refractivity contribution < 1.29 is 24.0 Å². The molecule has 1 atom stereocenters. The molecule has 1 N–H and O–H groups in total. The molecule has 1 aromatic rings. The molecule has 0 aliphatic carbocycles. The Kier molecular flexibility index (Phi) is 5.00. The first-order chi connectivity index (χ1) is 12.3. The van der Waals surface area contributed by atoms with Crippen LogP contribution in [0.3, 0.4) is 0 Å². The van der Waals surface area contributed by atoms with Crippen molar-refractivity contribution in [1.82, 2.24) is 4.90 Å². The zero-order chi connectivity index (χ0) is 18.9. The normalized spacial score (nSPS) is 22.0. The van der Waals surface area contributed by atoms with Gasteiger partial charge >= 0.3 is 6.09 Å². The number of nitrogens with one attached hydrogen (secondary N) is 1. The highest BCUT2D eigenvalue weighted by Gasteiger charge is 2.46. The first-order valence-electron chi connectivity index (χ1n) is 9.00. The molecule has 140 valence electrons. The second-order valence-corrected chi connectivity index (χ2v) is 7.79. The smallest absolute Gasteiger partial charge is 0.410 e. The summed E-state index contributed by atoms with van der Waals surface area (Å²) in [4.78, 5) is 41.4. The van der Waals surface area contributed by atoms with E-state index in [-0.39, 0.29) is 30.4 Å². The molecule has 2 fully saturated rings. The Morgan fingerprint density at radius 3 is 2.31 bits per heavy atom. The Bertz CT molecular complexity index is 690. The van der Waals surface area contributed by atoms with Gasteiger partial charge in [-0.2, -0.15) is 0 Å². The van der Waals surface area contributed by atoms with Crippen LogP contribution in [0.1, 0.15) is 27.2 Å². The summed E-state index contributed by atoms with van der Waals surface area (Å²) < 4.78 is 5.40. The number of hydrogen-bond donors (Lipinski definition) is 1. The summed E-state index contributed by atoms with van der Waals surface area (Å²) >= 11 is 0. The molecule has 0 spiro atoms. The number of carbonyl (C=O) groups excluding carboxylic acids is 3. The molecule has 26 heavy (non-hydrogen) atoms. The second-order valence-electron chi connectivity index (χ2n) is 7.79. The molecule has 2 heterocycles. The highest BCUT2D eigenvalue weighted by Crippen LogP contribution is 2.21. The predicted octanol–water partition coefficient (Wildman–Crippen LogP) is 0.454. The molecule has 1 aromatic carbocycles. The van der Waals surface area contributed by atoms with E-state index in [0.29, 0.717) is 31.9 Å². The van der Waals surface area contributed by atoms with Gasteiger partial charge in [-0.1, -0.05) is 18.2 Å². The van der Waals surface area contributed by atoms with Crippen LogP contribution in [0.2, 0.25) is 0 Å². The average Bonchev–Trinajstić information content (AvgIpc) is 2.89. The van der Waals surface area contributed by atoms with Gasteiger partial charge in [0.1, 0.15) is 5.60 Å². The highest BCUT2D eigenvalue weighted by molar-refractivity contribution is 6.21. The summed E-state index contributed by atoms with van der Waals surface area (Å²) in [6.45, 7) is 7.83. The quantitative estimate of drug-likeness (QED) is 0.778. The second kappa shape index (κ2) is 7.07. The van der Waals surface area contributed by atoms with Crippen molar-refractivity contribution in [2.45, 2.75) is 38.8 Å². The standard InChI is InChI=1S/C19H25N3O4/c1-19(2,3)26-18(25)21-11-9-20(10-12-21)15-13-16(23)22(17(15)24)14-7-5-4-6-8-14/h4-8,15H,9-13H2,1-3H3/p+1/t15-/m0/s1. The van der Waals surface area contributed by atoms with E-state index in [1.807, 2.05) is 39.0 Å². The number of hydrogen-bond acceptors (Lipinski definition) is 4. The van der Waals surface area contributed by atoms with Crippen LogP contribution in [-0.4, -0.2) is 60.6 Å². The maximum atomic E-state index is 12.8. The molecule has 0 saturated carbocycles. The number of anilines is 1. The van der Waals surface area contributed by atoms with Gasteiger partial charge in [-0.25, -0.2) is 9.69 Å². The first kappa shape index (κ1) is 18.4. The van der Waals surface area contributed by atoms with Gasteiger partial charge in [0.25, 0.3) is 5.91 Å². The summed E-state index contributed by atoms with van der Waals surface area (Å²) in [6, 6.07) is 8.66. The van der Waals surface area contributed by atoms with E-state index < -0.39 is 5.60 Å². The number of piperazine rings is 1. The van der Waals surface area contributed by atoms with Gasteiger partial charge in [0, 0.05) is 0 Å². The molecule has 3 amide bonds. The number of benzene rings is 1. The molecular weight excluding hydrogens is 334 g/mol. The van der Waals surface area contributed by atoms with Crippen LogP contribution in [0.5, 0.6) is 0 Å². The lowest BCUT2D eigenvalue weighted by molar-refractivity contribution is -0.918. The largest absolute Gasteiger partial charge is 0.444 e. The number of amides is 3. The fourth-order valence-corrected chi connectivity index (χ4v) is 3.45. The Morgan fingerprint density at radius 1 is 1.12 bits per heavy atom. The molecule has 7 nitrogen and oxygen atoms in total. The van der Waals surface area contributed by atoms with E-state index in [1.54, 1.807) is 17.0 Å². The number of carbonyl (C=O) groups is 3. The minimum Gasteiger partial charge on any atom is -0.444 e. The lowest BCUT2D eigenvalue weighted by Crippen LogP contribution is -3.19. The van der Waals surface area contributed by atoms with Crippen molar-refractivity contribution in [1.29, 1.82) is 0 Å². The van der Waals surface area contributed by atoms with Gasteiger partial charge < -0.3 is 9.64 Å². The number of nitrogens with zero attached hydrogens (tertiary/aromatic N) is 2. The molecule has 0 unspecified atom stereocenters. The number of quaternary nitrogens is 1. The molecule has 2 aliphatic rings. The molecule has 7 heteroatoms. The van der Waals surface area contributed by atoms with E-state index >= 15 is 0 Å². The summed E-state index contributed by atoms with van der Waals surface area (Å²) in [7, 11) is 0. The average molecular weight is 360 g/mol. The fourth-order valence-electron chi connectivity index (χ4n) is 3.45. The van der Waals surface area contributed by atoms with E-state index in [9.17, 15) is 14.4 Å². The van der Waals surface area contributed by atoms with Crippen molar-refractivity contribution in [3.63, 3.8) is 0 Å². The minimum absolute atomic E-state index is 0.151. The molecule has 0 aromatic heterocycles. The summed E-state index contributed by atoms with van der Waals surface area (Å²) in [6.07, 6.45) is -0.105. The van der Waals surface area contributed by atoms with Crippen molar-refractivity contribution in [2.24, 2.45) is 0 Å². The van der Waals surface area contributed by atoms with Crippen molar-refractivity contribution in [3.8, 4) is 0 Å². The lowest BCUT2D eigenvalue weighted by Gasteiger charge is -2.35. The summed E-state index contributed by atoms with van der Waals surface area (Å²) in [5, 5.41) is 0. The van der Waals surface area contributed by atoms with Crippen LogP contribution in [0, 0.1) is 0 Å². The van der Waals surface area contributed by atoms with Crippen molar-refractivity contribution in [3.05, 3.63) is 30.3 Å². The van der Waals surface area contributed by atoms with Gasteiger partial charge in [-0.05, 0) is 32.9 Å². The summed E-state index contributed by atoms with van der Waals surface area (Å²) in [5.74, 6) is -0.310. The van der Waals surface area contributed by atoms with Crippen molar-refractivity contribution in [2.75, 3.05) is 31.1 Å². The van der Waals surface area contributed by atoms with Crippen LogP contribution in [-0.2, 0) is 14.3 Å². The Labute approximate surface area is 153 Å².